The van der Waals surface area contributed by atoms with Crippen LogP contribution >= 0.6 is 0 Å². The molecule has 3 aromatic carbocycles. The number of rotatable bonds is 10. The molecule has 2 fully saturated rings. The van der Waals surface area contributed by atoms with Crippen molar-refractivity contribution in [2.24, 2.45) is 0 Å². The smallest absolute Gasteiger partial charge is 0.335 e. The molecule has 1 atom stereocenters. The molecule has 0 bridgehead atoms. The second-order valence-corrected chi connectivity index (χ2v) is 10.9. The molecule has 0 radical (unpaired) electrons. The minimum Gasteiger partial charge on any atom is -0.489 e. The summed E-state index contributed by atoms with van der Waals surface area (Å²) in [5, 5.41) is 22.0. The number of anilines is 1. The van der Waals surface area contributed by atoms with Gasteiger partial charge in [-0.2, -0.15) is 5.26 Å². The fourth-order valence-corrected chi connectivity index (χ4v) is 5.50. The number of nitrogens with zero attached hydrogens (tertiary/aromatic N) is 4. The Kier molecular flexibility index (Phi) is 8.04. The maximum absolute atomic E-state index is 14.2. The van der Waals surface area contributed by atoms with E-state index in [9.17, 15) is 14.3 Å². The lowest BCUT2D eigenvalue weighted by Crippen LogP contribution is -2.39. The van der Waals surface area contributed by atoms with Gasteiger partial charge < -0.3 is 24.5 Å². The first-order valence-electron chi connectivity index (χ1n) is 14.2. The Labute approximate surface area is 243 Å². The van der Waals surface area contributed by atoms with E-state index in [1.807, 2.05) is 30.3 Å². The first kappa shape index (κ1) is 27.7. The SMILES string of the molecule is N#Cc1ccc(COc2cccc(NC3CCN(Cc4nc5ccc(C(=O)O)cc5n4C[C@@H]4CCO4)CC3)c2)c(F)c1. The van der Waals surface area contributed by atoms with Gasteiger partial charge in [0.1, 0.15) is 24.0 Å². The number of aromatic nitrogens is 2. The van der Waals surface area contributed by atoms with Crippen LogP contribution in [-0.2, 0) is 24.4 Å². The van der Waals surface area contributed by atoms with E-state index in [0.717, 1.165) is 61.5 Å². The van der Waals surface area contributed by atoms with Crippen LogP contribution in [0.1, 0.15) is 46.6 Å². The quantitative estimate of drug-likeness (QED) is 0.268. The first-order chi connectivity index (χ1) is 20.4. The molecule has 2 N–H and O–H groups in total. The highest BCUT2D eigenvalue weighted by molar-refractivity contribution is 5.92. The number of nitriles is 1. The number of benzene rings is 3. The second kappa shape index (κ2) is 12.2. The van der Waals surface area contributed by atoms with Gasteiger partial charge in [0.05, 0.1) is 47.4 Å². The molecule has 0 aliphatic carbocycles. The molecule has 4 aromatic rings. The van der Waals surface area contributed by atoms with E-state index in [1.165, 1.54) is 6.07 Å². The molecule has 9 nitrogen and oxygen atoms in total. The summed E-state index contributed by atoms with van der Waals surface area (Å²) in [5.74, 6) is 0.171. The predicted molar refractivity (Wildman–Crippen MR) is 155 cm³/mol. The average Bonchev–Trinajstić information content (AvgIpc) is 3.31. The molecule has 1 aromatic heterocycles. The fraction of sp³-hybridized carbons (Fsp3) is 0.344. The molecule has 42 heavy (non-hydrogen) atoms. The van der Waals surface area contributed by atoms with Gasteiger partial charge in [0.25, 0.3) is 0 Å². The monoisotopic (exact) mass is 569 g/mol. The summed E-state index contributed by atoms with van der Waals surface area (Å²) in [4.78, 5) is 18.8. The van der Waals surface area contributed by atoms with Crippen LogP contribution < -0.4 is 10.1 Å². The van der Waals surface area contributed by atoms with E-state index in [-0.39, 0.29) is 23.8 Å². The third-order valence-electron chi connectivity index (χ3n) is 7.99. The zero-order valence-electron chi connectivity index (χ0n) is 23.1. The Hall–Kier alpha value is -4.46. The van der Waals surface area contributed by atoms with E-state index in [4.69, 9.17) is 19.7 Å². The lowest BCUT2D eigenvalue weighted by Gasteiger charge is -2.33. The molecule has 6 rings (SSSR count). The number of hydrogen-bond donors (Lipinski definition) is 2. The maximum Gasteiger partial charge on any atom is 0.335 e. The van der Waals surface area contributed by atoms with Gasteiger partial charge in [-0.25, -0.2) is 14.2 Å². The number of aromatic carboxylic acids is 1. The number of nitrogens with one attached hydrogen (secondary N) is 1. The number of carbonyl (C=O) groups is 1. The number of imidazole rings is 1. The summed E-state index contributed by atoms with van der Waals surface area (Å²) in [6.07, 6.45) is 3.04. The second-order valence-electron chi connectivity index (χ2n) is 10.9. The van der Waals surface area contributed by atoms with Crippen LogP contribution in [0.15, 0.2) is 60.7 Å². The van der Waals surface area contributed by atoms with E-state index in [0.29, 0.717) is 30.4 Å². The van der Waals surface area contributed by atoms with Gasteiger partial charge in [-0.3, -0.25) is 4.90 Å². The largest absolute Gasteiger partial charge is 0.489 e. The number of likely N-dealkylation sites (tertiary alicyclic amines) is 1. The standard InChI is InChI=1S/C32H32FN5O4/c33-28-14-21(17-34)4-5-23(28)20-42-26-3-1-2-25(16-26)35-24-8-11-37(12-9-24)19-31-36-29-7-6-22(32(39)40)15-30(29)38(31)18-27-10-13-41-27/h1-7,14-16,24,27,35H,8-13,18-20H2,(H,39,40)/t27-/m0/s1. The molecule has 0 saturated carbocycles. The lowest BCUT2D eigenvalue weighted by atomic mass is 10.0. The minimum absolute atomic E-state index is 0.0780. The van der Waals surface area contributed by atoms with Crippen molar-refractivity contribution in [1.82, 2.24) is 14.5 Å². The number of halogens is 1. The summed E-state index contributed by atoms with van der Waals surface area (Å²) in [5.41, 5.74) is 3.52. The number of piperidine rings is 1. The number of hydrogen-bond acceptors (Lipinski definition) is 7. The number of carboxylic acid groups (broad SMARTS) is 1. The topological polar surface area (TPSA) is 113 Å². The highest BCUT2D eigenvalue weighted by atomic mass is 19.1. The highest BCUT2D eigenvalue weighted by Gasteiger charge is 2.25. The lowest BCUT2D eigenvalue weighted by molar-refractivity contribution is -0.0592. The van der Waals surface area contributed by atoms with E-state index in [2.05, 4.69) is 14.8 Å². The van der Waals surface area contributed by atoms with Gasteiger partial charge in [-0.1, -0.05) is 12.1 Å². The molecule has 2 aliphatic rings. The van der Waals surface area contributed by atoms with Gasteiger partial charge in [0.2, 0.25) is 0 Å². The molecule has 0 unspecified atom stereocenters. The van der Waals surface area contributed by atoms with Gasteiger partial charge in [0, 0.05) is 43.1 Å². The van der Waals surface area contributed by atoms with Crippen molar-refractivity contribution in [3.63, 3.8) is 0 Å². The van der Waals surface area contributed by atoms with Crippen molar-refractivity contribution in [1.29, 1.82) is 5.26 Å². The van der Waals surface area contributed by atoms with Gasteiger partial charge in [-0.05, 0) is 61.7 Å². The molecule has 216 valence electrons. The molecule has 10 heteroatoms. The zero-order chi connectivity index (χ0) is 29.1. The van der Waals surface area contributed by atoms with Gasteiger partial charge >= 0.3 is 5.97 Å². The molecule has 0 spiro atoms. The highest BCUT2D eigenvalue weighted by Crippen LogP contribution is 2.26. The Morgan fingerprint density at radius 1 is 1.14 bits per heavy atom. The normalized spacial score (nSPS) is 17.5. The Morgan fingerprint density at radius 2 is 1.98 bits per heavy atom. The van der Waals surface area contributed by atoms with Crippen LogP contribution in [0.25, 0.3) is 11.0 Å². The summed E-state index contributed by atoms with van der Waals surface area (Å²) >= 11 is 0. The van der Waals surface area contributed by atoms with Crippen LogP contribution in [0, 0.1) is 17.1 Å². The molecular formula is C32H32FN5O4. The summed E-state index contributed by atoms with van der Waals surface area (Å²) in [6.45, 7) is 3.99. The number of ether oxygens (including phenoxy) is 2. The van der Waals surface area contributed by atoms with Crippen LogP contribution in [-0.4, -0.2) is 57.4 Å². The predicted octanol–water partition coefficient (Wildman–Crippen LogP) is 5.19. The molecule has 0 amide bonds. The molecular weight excluding hydrogens is 537 g/mol. The third-order valence-corrected chi connectivity index (χ3v) is 7.99. The average molecular weight is 570 g/mol. The van der Waals surface area contributed by atoms with Crippen molar-refractivity contribution < 1.29 is 23.8 Å². The van der Waals surface area contributed by atoms with Crippen LogP contribution in [0.4, 0.5) is 10.1 Å². The van der Waals surface area contributed by atoms with Crippen LogP contribution in [0.2, 0.25) is 0 Å². The van der Waals surface area contributed by atoms with E-state index < -0.39 is 11.8 Å². The van der Waals surface area contributed by atoms with E-state index >= 15 is 0 Å². The number of fused-ring (bicyclic) bond motifs is 1. The molecule has 3 heterocycles. The summed E-state index contributed by atoms with van der Waals surface area (Å²) in [6, 6.07) is 19.4. The van der Waals surface area contributed by atoms with E-state index in [1.54, 1.807) is 30.3 Å². The fourth-order valence-electron chi connectivity index (χ4n) is 5.50. The summed E-state index contributed by atoms with van der Waals surface area (Å²) in [7, 11) is 0. The Balaban J connectivity index is 1.06. The van der Waals surface area contributed by atoms with Crippen molar-refractivity contribution in [2.45, 2.75) is 51.1 Å². The van der Waals surface area contributed by atoms with Crippen LogP contribution in [0.5, 0.6) is 5.75 Å². The van der Waals surface area contributed by atoms with Crippen molar-refractivity contribution in [2.75, 3.05) is 25.0 Å². The van der Waals surface area contributed by atoms with Crippen molar-refractivity contribution in [3.05, 3.63) is 89.0 Å². The molecule has 2 aliphatic heterocycles. The van der Waals surface area contributed by atoms with Crippen molar-refractivity contribution in [3.8, 4) is 11.8 Å². The van der Waals surface area contributed by atoms with Crippen LogP contribution in [0.3, 0.4) is 0 Å². The van der Waals surface area contributed by atoms with Crippen molar-refractivity contribution >= 4 is 22.7 Å². The third kappa shape index (κ3) is 6.22. The number of carboxylic acids is 1. The minimum atomic E-state index is -0.946. The van der Waals surface area contributed by atoms with Gasteiger partial charge in [-0.15, -0.1) is 0 Å². The first-order valence-corrected chi connectivity index (χ1v) is 14.2. The summed E-state index contributed by atoms with van der Waals surface area (Å²) < 4.78 is 27.9. The maximum atomic E-state index is 14.2. The Morgan fingerprint density at radius 3 is 2.69 bits per heavy atom. The Bertz CT molecular complexity index is 1640. The molecule has 2 saturated heterocycles. The zero-order valence-corrected chi connectivity index (χ0v) is 23.1. The van der Waals surface area contributed by atoms with Gasteiger partial charge in [0.15, 0.2) is 0 Å².